The van der Waals surface area contributed by atoms with Crippen LogP contribution in [0.2, 0.25) is 20.1 Å². The number of fused-ring (bicyclic) bond motifs is 2. The van der Waals surface area contributed by atoms with E-state index in [2.05, 4.69) is 4.98 Å². The first-order valence-electron chi connectivity index (χ1n) is 10.9. The zero-order chi connectivity index (χ0) is 29.2. The SMILES string of the molecule is O=C1c2c(Cl)c(Cl)c(Cl)c(Cl)c2C(=O)C1c1ccc2cccc(N3C(=O)C=C(Cl)C(Cl)=C(Cl)C(Cl)=CC3=O)c2n1. The maximum Gasteiger partial charge on any atom is 0.259 e. The van der Waals surface area contributed by atoms with Crippen LogP contribution >= 0.6 is 92.8 Å². The lowest BCUT2D eigenvalue weighted by Crippen LogP contribution is -2.35. The van der Waals surface area contributed by atoms with Crippen LogP contribution in [0.4, 0.5) is 5.69 Å². The number of allylic oxidation sites excluding steroid dienone is 4. The number of aromatic nitrogens is 1. The van der Waals surface area contributed by atoms with Crippen molar-refractivity contribution < 1.29 is 19.2 Å². The van der Waals surface area contributed by atoms with Gasteiger partial charge in [-0.05, 0) is 12.1 Å². The molecule has 202 valence electrons. The summed E-state index contributed by atoms with van der Waals surface area (Å²) >= 11 is 49.2. The Morgan fingerprint density at radius 1 is 0.625 bits per heavy atom. The first-order valence-corrected chi connectivity index (χ1v) is 13.9. The molecule has 6 nitrogen and oxygen atoms in total. The minimum atomic E-state index is -1.44. The van der Waals surface area contributed by atoms with Crippen LogP contribution in [-0.4, -0.2) is 28.4 Å². The standard InChI is InChI=1S/C26H8Cl8N2O4/c27-9-6-13(37)36(14(38)7-10(28)19(30)18(9)29)12-3-1-2-8-4-5-11(35-24(8)12)15-25(39)16-17(26(15)40)21(32)23(34)22(33)20(16)31/h1-7,15H. The molecule has 2 amide bonds. The van der Waals surface area contributed by atoms with Gasteiger partial charge in [0, 0.05) is 17.5 Å². The van der Waals surface area contributed by atoms with Gasteiger partial charge in [0.1, 0.15) is 5.92 Å². The molecule has 0 fully saturated rings. The van der Waals surface area contributed by atoms with Gasteiger partial charge in [0.05, 0.1) is 68.2 Å². The average molecular weight is 696 g/mol. The highest BCUT2D eigenvalue weighted by atomic mass is 35.5. The zero-order valence-electron chi connectivity index (χ0n) is 19.2. The monoisotopic (exact) mass is 692 g/mol. The molecule has 0 N–H and O–H groups in total. The largest absolute Gasteiger partial charge is 0.293 e. The summed E-state index contributed by atoms with van der Waals surface area (Å²) in [7, 11) is 0. The number of anilines is 1. The number of hydrogen-bond acceptors (Lipinski definition) is 5. The molecule has 5 rings (SSSR count). The van der Waals surface area contributed by atoms with E-state index in [1.807, 2.05) is 0 Å². The quantitative estimate of drug-likeness (QED) is 0.116. The van der Waals surface area contributed by atoms with Crippen LogP contribution < -0.4 is 4.90 Å². The van der Waals surface area contributed by atoms with Crippen LogP contribution in [0.3, 0.4) is 0 Å². The van der Waals surface area contributed by atoms with Crippen molar-refractivity contribution in [2.45, 2.75) is 5.92 Å². The first-order chi connectivity index (χ1) is 18.8. The van der Waals surface area contributed by atoms with Crippen molar-refractivity contribution in [1.29, 1.82) is 0 Å². The minimum Gasteiger partial charge on any atom is -0.293 e. The molecule has 0 radical (unpaired) electrons. The van der Waals surface area contributed by atoms with Gasteiger partial charge in [-0.1, -0.05) is 111 Å². The second-order valence-corrected chi connectivity index (χ2v) is 11.5. The van der Waals surface area contributed by atoms with Gasteiger partial charge in [0.15, 0.2) is 11.6 Å². The molecule has 1 aliphatic carbocycles. The van der Waals surface area contributed by atoms with Crippen LogP contribution in [0, 0.1) is 0 Å². The van der Waals surface area contributed by atoms with Crippen molar-refractivity contribution in [3.05, 3.63) is 99.5 Å². The number of para-hydroxylation sites is 1. The molecule has 0 atom stereocenters. The highest BCUT2D eigenvalue weighted by Gasteiger charge is 2.45. The van der Waals surface area contributed by atoms with E-state index >= 15 is 0 Å². The number of benzene rings is 2. The predicted molar refractivity (Wildman–Crippen MR) is 159 cm³/mol. The fourth-order valence-corrected chi connectivity index (χ4v) is 6.11. The summed E-state index contributed by atoms with van der Waals surface area (Å²) < 4.78 is 0. The summed E-state index contributed by atoms with van der Waals surface area (Å²) in [5.74, 6) is -4.59. The van der Waals surface area contributed by atoms with Gasteiger partial charge < -0.3 is 0 Å². The summed E-state index contributed by atoms with van der Waals surface area (Å²) in [5.41, 5.74) is -0.230. The number of amides is 2. The van der Waals surface area contributed by atoms with Crippen molar-refractivity contribution in [1.82, 2.24) is 4.98 Å². The maximum atomic E-state index is 13.4. The third kappa shape index (κ3) is 4.65. The Labute approximate surface area is 265 Å². The third-order valence-corrected chi connectivity index (χ3v) is 9.57. The third-order valence-electron chi connectivity index (χ3n) is 6.09. The second-order valence-electron chi connectivity index (χ2n) is 8.38. The molecule has 0 saturated carbocycles. The minimum absolute atomic E-state index is 0.00231. The summed E-state index contributed by atoms with van der Waals surface area (Å²) in [6.45, 7) is 0. The van der Waals surface area contributed by atoms with Gasteiger partial charge in [-0.25, -0.2) is 9.88 Å². The number of Topliss-reactive ketones (excluding diaryl/α,β-unsaturated/α-hetero) is 2. The molecule has 0 unspecified atom stereocenters. The van der Waals surface area contributed by atoms with Gasteiger partial charge in [0.2, 0.25) is 0 Å². The fourth-order valence-electron chi connectivity index (χ4n) is 4.29. The number of halogens is 8. The Balaban J connectivity index is 1.69. The van der Waals surface area contributed by atoms with Gasteiger partial charge in [0.25, 0.3) is 11.8 Å². The van der Waals surface area contributed by atoms with Crippen LogP contribution in [0.5, 0.6) is 0 Å². The molecular formula is C26H8Cl8N2O4. The van der Waals surface area contributed by atoms with Crippen molar-refractivity contribution >= 4 is 133 Å². The van der Waals surface area contributed by atoms with Crippen LogP contribution in [0.15, 0.2) is 62.6 Å². The average Bonchev–Trinajstić information content (AvgIpc) is 3.19. The number of carbonyl (C=O) groups excluding carboxylic acids is 4. The van der Waals surface area contributed by atoms with Crippen molar-refractivity contribution in [3.8, 4) is 0 Å². The molecule has 40 heavy (non-hydrogen) atoms. The molecule has 1 aliphatic heterocycles. The normalized spacial score (nSPS) is 16.8. The Bertz CT molecular complexity index is 1740. The molecule has 1 aromatic heterocycles. The molecule has 0 bridgehead atoms. The number of pyridine rings is 1. The van der Waals surface area contributed by atoms with Crippen LogP contribution in [0.25, 0.3) is 10.9 Å². The van der Waals surface area contributed by atoms with Gasteiger partial charge in [-0.3, -0.25) is 19.2 Å². The van der Waals surface area contributed by atoms with E-state index in [1.165, 1.54) is 12.1 Å². The molecular weight excluding hydrogens is 688 g/mol. The summed E-state index contributed by atoms with van der Waals surface area (Å²) in [6, 6.07) is 7.70. The van der Waals surface area contributed by atoms with Crippen molar-refractivity contribution in [3.63, 3.8) is 0 Å². The van der Waals surface area contributed by atoms with E-state index in [1.54, 1.807) is 18.2 Å². The topological polar surface area (TPSA) is 84.4 Å². The Kier molecular flexibility index (Phi) is 8.03. The lowest BCUT2D eigenvalue weighted by Gasteiger charge is -2.20. The smallest absolute Gasteiger partial charge is 0.259 e. The molecule has 2 heterocycles. The van der Waals surface area contributed by atoms with Gasteiger partial charge in [-0.15, -0.1) is 0 Å². The zero-order valence-corrected chi connectivity index (χ0v) is 25.2. The molecule has 14 heteroatoms. The van der Waals surface area contributed by atoms with Crippen LogP contribution in [-0.2, 0) is 9.59 Å². The molecule has 0 saturated heterocycles. The van der Waals surface area contributed by atoms with E-state index in [0.29, 0.717) is 5.39 Å². The highest BCUT2D eigenvalue weighted by molar-refractivity contribution is 6.56. The molecule has 0 spiro atoms. The summed E-state index contributed by atoms with van der Waals surface area (Å²) in [4.78, 5) is 58.6. The Hall–Kier alpha value is -2.13. The molecule has 2 aliphatic rings. The second kappa shape index (κ2) is 10.9. The predicted octanol–water partition coefficient (Wildman–Crippen LogP) is 8.82. The van der Waals surface area contributed by atoms with Crippen molar-refractivity contribution in [2.75, 3.05) is 4.90 Å². The van der Waals surface area contributed by atoms with Crippen molar-refractivity contribution in [2.24, 2.45) is 0 Å². The molecule has 3 aromatic rings. The van der Waals surface area contributed by atoms with E-state index in [0.717, 1.165) is 17.1 Å². The van der Waals surface area contributed by atoms with E-state index in [-0.39, 0.29) is 68.2 Å². The number of ketones is 2. The Morgan fingerprint density at radius 3 is 1.62 bits per heavy atom. The number of hydrogen-bond donors (Lipinski definition) is 0. The number of nitrogens with zero attached hydrogens (tertiary/aromatic N) is 2. The van der Waals surface area contributed by atoms with E-state index < -0.39 is 29.3 Å². The summed E-state index contributed by atoms with van der Waals surface area (Å²) in [5, 5.41) is -1.27. The highest BCUT2D eigenvalue weighted by Crippen LogP contribution is 2.48. The summed E-state index contributed by atoms with van der Waals surface area (Å²) in [6.07, 6.45) is 1.79. The number of imide groups is 1. The molecule has 2 aromatic carbocycles. The lowest BCUT2D eigenvalue weighted by atomic mass is 9.98. The van der Waals surface area contributed by atoms with Gasteiger partial charge >= 0.3 is 0 Å². The van der Waals surface area contributed by atoms with E-state index in [9.17, 15) is 19.2 Å². The van der Waals surface area contributed by atoms with Gasteiger partial charge in [-0.2, -0.15) is 0 Å². The lowest BCUT2D eigenvalue weighted by molar-refractivity contribution is -0.121. The fraction of sp³-hybridized carbons (Fsp3) is 0.0385. The van der Waals surface area contributed by atoms with E-state index in [4.69, 9.17) is 92.8 Å². The Morgan fingerprint density at radius 2 is 1.12 bits per heavy atom. The first kappa shape index (κ1) is 29.4. The maximum absolute atomic E-state index is 13.4. The van der Waals surface area contributed by atoms with Crippen LogP contribution in [0.1, 0.15) is 32.3 Å². The number of rotatable bonds is 2. The number of carbonyl (C=O) groups is 4.